The number of rotatable bonds is 6. The van der Waals surface area contributed by atoms with Crippen LogP contribution in [0.5, 0.6) is 5.75 Å². The largest absolute Gasteiger partial charge is 0.508 e. The summed E-state index contributed by atoms with van der Waals surface area (Å²) in [6.07, 6.45) is 7.12. The number of hydrogen-bond donors (Lipinski definition) is 3. The van der Waals surface area contributed by atoms with Crippen LogP contribution >= 0.6 is 0 Å². The zero-order chi connectivity index (χ0) is 19.5. The van der Waals surface area contributed by atoms with Gasteiger partial charge in [-0.15, -0.1) is 0 Å². The molecular weight excluding hydrogens is 344 g/mol. The third-order valence-electron chi connectivity index (χ3n) is 4.49. The van der Waals surface area contributed by atoms with E-state index in [1.807, 2.05) is 24.5 Å². The Bertz CT molecular complexity index is 694. The molecule has 3 N–H and O–H groups in total. The fraction of sp³-hybridized carbons (Fsp3) is 0.450. The number of phenolic OH excluding ortho intramolecular Hbond substituents is 1. The first-order valence-corrected chi connectivity index (χ1v) is 9.26. The second kappa shape index (κ2) is 11.3. The SMILES string of the molecule is CCc1ncc(CNC2CCCN(Cc3cccc(O)c3)C2)cn1.O=CO. The predicted molar refractivity (Wildman–Crippen MR) is 103 cm³/mol. The normalized spacial score (nSPS) is 17.0. The van der Waals surface area contributed by atoms with Crippen molar-refractivity contribution in [2.24, 2.45) is 0 Å². The molecule has 3 rings (SSSR count). The number of nitrogens with one attached hydrogen (secondary N) is 1. The Balaban J connectivity index is 0.000000817. The van der Waals surface area contributed by atoms with Gasteiger partial charge in [-0.2, -0.15) is 0 Å². The molecule has 1 aromatic carbocycles. The number of phenols is 1. The minimum atomic E-state index is -0.250. The smallest absolute Gasteiger partial charge is 0.290 e. The van der Waals surface area contributed by atoms with Gasteiger partial charge in [-0.1, -0.05) is 19.1 Å². The fourth-order valence-corrected chi connectivity index (χ4v) is 3.20. The number of hydrogen-bond acceptors (Lipinski definition) is 6. The van der Waals surface area contributed by atoms with Gasteiger partial charge < -0.3 is 15.5 Å². The van der Waals surface area contributed by atoms with Gasteiger partial charge in [0.1, 0.15) is 11.6 Å². The van der Waals surface area contributed by atoms with Crippen molar-refractivity contribution in [3.8, 4) is 5.75 Å². The van der Waals surface area contributed by atoms with E-state index < -0.39 is 0 Å². The van der Waals surface area contributed by atoms with Gasteiger partial charge in [0.2, 0.25) is 0 Å². The third-order valence-corrected chi connectivity index (χ3v) is 4.49. The maximum Gasteiger partial charge on any atom is 0.290 e. The minimum Gasteiger partial charge on any atom is -0.508 e. The lowest BCUT2D eigenvalue weighted by atomic mass is 10.0. The summed E-state index contributed by atoms with van der Waals surface area (Å²) in [6.45, 7) is 5.66. The van der Waals surface area contributed by atoms with E-state index in [1.165, 1.54) is 18.4 Å². The number of carbonyl (C=O) groups is 1. The molecule has 7 nitrogen and oxygen atoms in total. The molecule has 27 heavy (non-hydrogen) atoms. The van der Waals surface area contributed by atoms with Crippen molar-refractivity contribution >= 4 is 6.47 Å². The molecule has 0 radical (unpaired) electrons. The van der Waals surface area contributed by atoms with E-state index in [0.29, 0.717) is 11.8 Å². The highest BCUT2D eigenvalue weighted by Gasteiger charge is 2.19. The van der Waals surface area contributed by atoms with Crippen molar-refractivity contribution in [3.05, 3.63) is 53.6 Å². The standard InChI is InChI=1S/C19H26N4O.CH2O2/c1-2-19-21-11-16(12-22-19)10-20-17-6-4-8-23(14-17)13-15-5-3-7-18(24)9-15;2-1-3/h3,5,7,9,11-12,17,20,24H,2,4,6,8,10,13-14H2,1H3;1H,(H,2,3). The lowest BCUT2D eigenvalue weighted by Gasteiger charge is -2.33. The quantitative estimate of drug-likeness (QED) is 0.669. The highest BCUT2D eigenvalue weighted by molar-refractivity contribution is 5.32. The summed E-state index contributed by atoms with van der Waals surface area (Å²) < 4.78 is 0. The Hall–Kier alpha value is -2.51. The molecule has 0 amide bonds. The monoisotopic (exact) mass is 372 g/mol. The van der Waals surface area contributed by atoms with Crippen LogP contribution in [0.2, 0.25) is 0 Å². The molecule has 146 valence electrons. The van der Waals surface area contributed by atoms with Crippen LogP contribution in [-0.4, -0.2) is 50.7 Å². The molecule has 0 saturated carbocycles. The topological polar surface area (TPSA) is 98.6 Å². The van der Waals surface area contributed by atoms with Crippen molar-refractivity contribution in [2.45, 2.75) is 45.3 Å². The van der Waals surface area contributed by atoms with Crippen LogP contribution in [0.1, 0.15) is 36.7 Å². The zero-order valence-corrected chi connectivity index (χ0v) is 15.7. The minimum absolute atomic E-state index is 0.250. The first-order chi connectivity index (χ1) is 13.1. The summed E-state index contributed by atoms with van der Waals surface area (Å²) in [7, 11) is 0. The van der Waals surface area contributed by atoms with Gasteiger partial charge in [0, 0.05) is 50.1 Å². The van der Waals surface area contributed by atoms with E-state index in [9.17, 15) is 5.11 Å². The van der Waals surface area contributed by atoms with Crippen molar-refractivity contribution in [1.29, 1.82) is 0 Å². The van der Waals surface area contributed by atoms with E-state index in [2.05, 4.69) is 33.2 Å². The summed E-state index contributed by atoms with van der Waals surface area (Å²) in [5.41, 5.74) is 2.30. The highest BCUT2D eigenvalue weighted by Crippen LogP contribution is 2.17. The van der Waals surface area contributed by atoms with Gasteiger partial charge in [-0.05, 0) is 37.1 Å². The second-order valence-corrected chi connectivity index (χ2v) is 6.59. The lowest BCUT2D eigenvalue weighted by molar-refractivity contribution is -0.122. The van der Waals surface area contributed by atoms with Gasteiger partial charge in [-0.25, -0.2) is 9.97 Å². The van der Waals surface area contributed by atoms with Crippen molar-refractivity contribution < 1.29 is 15.0 Å². The molecule has 1 aromatic heterocycles. The van der Waals surface area contributed by atoms with Crippen molar-refractivity contribution in [1.82, 2.24) is 20.2 Å². The van der Waals surface area contributed by atoms with Crippen LogP contribution in [0.4, 0.5) is 0 Å². The Labute approximate surface area is 160 Å². The summed E-state index contributed by atoms with van der Waals surface area (Å²) in [4.78, 5) is 19.5. The number of aromatic nitrogens is 2. The summed E-state index contributed by atoms with van der Waals surface area (Å²) in [6, 6.07) is 8.04. The number of aryl methyl sites for hydroxylation is 1. The number of benzene rings is 1. The maximum atomic E-state index is 9.60. The van der Waals surface area contributed by atoms with E-state index in [-0.39, 0.29) is 6.47 Å². The molecule has 1 saturated heterocycles. The molecule has 0 aliphatic carbocycles. The molecule has 1 aliphatic heterocycles. The molecule has 1 atom stereocenters. The van der Waals surface area contributed by atoms with Gasteiger partial charge in [0.15, 0.2) is 0 Å². The number of carboxylic acid groups (broad SMARTS) is 1. The van der Waals surface area contributed by atoms with Gasteiger partial charge in [-0.3, -0.25) is 9.69 Å². The highest BCUT2D eigenvalue weighted by atomic mass is 16.3. The first kappa shape index (κ1) is 20.8. The molecular formula is C20H28N4O3. The Kier molecular flexibility index (Phi) is 8.67. The maximum absolute atomic E-state index is 9.60. The molecule has 7 heteroatoms. The zero-order valence-electron chi connectivity index (χ0n) is 15.7. The molecule has 1 aliphatic rings. The molecule has 1 fully saturated rings. The number of aromatic hydroxyl groups is 1. The summed E-state index contributed by atoms with van der Waals surface area (Å²) >= 11 is 0. The van der Waals surface area contributed by atoms with Gasteiger partial charge >= 0.3 is 0 Å². The van der Waals surface area contributed by atoms with E-state index in [0.717, 1.165) is 44.0 Å². The summed E-state index contributed by atoms with van der Waals surface area (Å²) in [5, 5.41) is 20.1. The number of likely N-dealkylation sites (tertiary alicyclic amines) is 1. The first-order valence-electron chi connectivity index (χ1n) is 9.26. The van der Waals surface area contributed by atoms with Crippen molar-refractivity contribution in [2.75, 3.05) is 13.1 Å². The Morgan fingerprint density at radius 1 is 1.30 bits per heavy atom. The van der Waals surface area contributed by atoms with Crippen molar-refractivity contribution in [3.63, 3.8) is 0 Å². The van der Waals surface area contributed by atoms with E-state index >= 15 is 0 Å². The summed E-state index contributed by atoms with van der Waals surface area (Å²) in [5.74, 6) is 1.24. The lowest BCUT2D eigenvalue weighted by Crippen LogP contribution is -2.45. The second-order valence-electron chi connectivity index (χ2n) is 6.59. The molecule has 0 bridgehead atoms. The molecule has 0 spiro atoms. The van der Waals surface area contributed by atoms with Crippen LogP contribution < -0.4 is 5.32 Å². The molecule has 2 heterocycles. The average molecular weight is 372 g/mol. The molecule has 1 unspecified atom stereocenters. The van der Waals surface area contributed by atoms with Crippen LogP contribution in [0, 0.1) is 0 Å². The van der Waals surface area contributed by atoms with E-state index in [1.54, 1.807) is 6.07 Å². The number of piperidine rings is 1. The fourth-order valence-electron chi connectivity index (χ4n) is 3.20. The van der Waals surface area contributed by atoms with Crippen LogP contribution in [0.3, 0.4) is 0 Å². The number of nitrogens with zero attached hydrogens (tertiary/aromatic N) is 3. The third kappa shape index (κ3) is 7.32. The van der Waals surface area contributed by atoms with E-state index in [4.69, 9.17) is 9.90 Å². The Morgan fingerprint density at radius 2 is 2.04 bits per heavy atom. The Morgan fingerprint density at radius 3 is 2.70 bits per heavy atom. The average Bonchev–Trinajstić information content (AvgIpc) is 2.68. The van der Waals surface area contributed by atoms with Crippen LogP contribution in [-0.2, 0) is 24.3 Å². The van der Waals surface area contributed by atoms with Gasteiger partial charge in [0.05, 0.1) is 0 Å². The van der Waals surface area contributed by atoms with Crippen LogP contribution in [0.25, 0.3) is 0 Å². The predicted octanol–water partition coefficient (Wildman–Crippen LogP) is 2.20. The van der Waals surface area contributed by atoms with Gasteiger partial charge in [0.25, 0.3) is 6.47 Å². The molecule has 2 aromatic rings. The van der Waals surface area contributed by atoms with Crippen LogP contribution in [0.15, 0.2) is 36.7 Å².